The third-order valence-corrected chi connectivity index (χ3v) is 4.03. The van der Waals surface area contributed by atoms with Gasteiger partial charge in [-0.15, -0.1) is 0 Å². The summed E-state index contributed by atoms with van der Waals surface area (Å²) in [7, 11) is 0. The Morgan fingerprint density at radius 2 is 2.00 bits per heavy atom. The van der Waals surface area contributed by atoms with Gasteiger partial charge in [-0.05, 0) is 37.5 Å². The molecule has 0 atom stereocenters. The normalized spacial score (nSPS) is 19.2. The van der Waals surface area contributed by atoms with Crippen LogP contribution >= 0.6 is 11.6 Å². The van der Waals surface area contributed by atoms with Crippen LogP contribution in [0.2, 0.25) is 5.02 Å². The summed E-state index contributed by atoms with van der Waals surface area (Å²) in [6, 6.07) is 4.60. The predicted octanol–water partition coefficient (Wildman–Crippen LogP) is 4.29. The van der Waals surface area contributed by atoms with Crippen LogP contribution in [-0.2, 0) is 6.54 Å². The van der Waals surface area contributed by atoms with E-state index in [-0.39, 0.29) is 11.4 Å². The average Bonchev–Trinajstić information content (AvgIpc) is 2.29. The van der Waals surface area contributed by atoms with Crippen LogP contribution in [-0.4, -0.2) is 5.54 Å². The van der Waals surface area contributed by atoms with Crippen molar-refractivity contribution in [2.75, 3.05) is 0 Å². The maximum atomic E-state index is 12.9. The predicted molar refractivity (Wildman–Crippen MR) is 69.7 cm³/mol. The van der Waals surface area contributed by atoms with E-state index in [4.69, 9.17) is 11.6 Å². The Bertz CT molecular complexity index is 386. The second-order valence-electron chi connectivity index (χ2n) is 5.21. The van der Waals surface area contributed by atoms with Crippen molar-refractivity contribution in [3.8, 4) is 0 Å². The molecule has 0 aliphatic heterocycles. The van der Waals surface area contributed by atoms with Gasteiger partial charge in [0.2, 0.25) is 0 Å². The number of halogens is 2. The summed E-state index contributed by atoms with van der Waals surface area (Å²) < 4.78 is 12.9. The standard InChI is InChI=1S/C14H19ClFN/c1-14(7-3-2-4-8-14)17-10-11-5-6-12(16)9-13(11)15/h5-6,9,17H,2-4,7-8,10H2,1H3. The lowest BCUT2D eigenvalue weighted by Crippen LogP contribution is -2.43. The van der Waals surface area contributed by atoms with Crippen molar-refractivity contribution in [1.82, 2.24) is 5.32 Å². The molecule has 1 aromatic carbocycles. The third kappa shape index (κ3) is 3.43. The quantitative estimate of drug-likeness (QED) is 0.850. The highest BCUT2D eigenvalue weighted by Gasteiger charge is 2.25. The topological polar surface area (TPSA) is 12.0 Å². The van der Waals surface area contributed by atoms with Gasteiger partial charge < -0.3 is 5.32 Å². The minimum atomic E-state index is -0.275. The molecule has 0 heterocycles. The molecule has 1 aliphatic carbocycles. The number of nitrogens with one attached hydrogen (secondary N) is 1. The van der Waals surface area contributed by atoms with E-state index < -0.39 is 0 Å². The maximum absolute atomic E-state index is 12.9. The van der Waals surface area contributed by atoms with Gasteiger partial charge in [0, 0.05) is 17.1 Å². The van der Waals surface area contributed by atoms with E-state index in [1.54, 1.807) is 6.07 Å². The van der Waals surface area contributed by atoms with E-state index in [9.17, 15) is 4.39 Å². The van der Waals surface area contributed by atoms with Gasteiger partial charge in [0.25, 0.3) is 0 Å². The molecule has 1 N–H and O–H groups in total. The molecule has 1 aromatic rings. The first-order valence-corrected chi connectivity index (χ1v) is 6.66. The maximum Gasteiger partial charge on any atom is 0.124 e. The molecule has 0 bridgehead atoms. The van der Waals surface area contributed by atoms with Gasteiger partial charge in [0.15, 0.2) is 0 Å². The number of hydrogen-bond donors (Lipinski definition) is 1. The highest BCUT2D eigenvalue weighted by Crippen LogP contribution is 2.28. The summed E-state index contributed by atoms with van der Waals surface area (Å²) in [4.78, 5) is 0. The number of hydrogen-bond acceptors (Lipinski definition) is 1. The molecule has 94 valence electrons. The lowest BCUT2D eigenvalue weighted by atomic mass is 9.83. The van der Waals surface area contributed by atoms with E-state index in [2.05, 4.69) is 12.2 Å². The number of rotatable bonds is 3. The fourth-order valence-electron chi connectivity index (χ4n) is 2.48. The van der Waals surface area contributed by atoms with Gasteiger partial charge in [0.05, 0.1) is 0 Å². The molecule has 0 radical (unpaired) electrons. The highest BCUT2D eigenvalue weighted by molar-refractivity contribution is 6.31. The Labute approximate surface area is 107 Å². The molecular weight excluding hydrogens is 237 g/mol. The molecule has 0 aromatic heterocycles. The van der Waals surface area contributed by atoms with Crippen LogP contribution in [0.3, 0.4) is 0 Å². The second-order valence-corrected chi connectivity index (χ2v) is 5.62. The fraction of sp³-hybridized carbons (Fsp3) is 0.571. The fourth-order valence-corrected chi connectivity index (χ4v) is 2.72. The summed E-state index contributed by atoms with van der Waals surface area (Å²) >= 11 is 6.01. The molecule has 3 heteroatoms. The molecule has 1 saturated carbocycles. The summed E-state index contributed by atoms with van der Waals surface area (Å²) in [5, 5.41) is 4.08. The van der Waals surface area contributed by atoms with Crippen LogP contribution < -0.4 is 5.32 Å². The number of benzene rings is 1. The van der Waals surface area contributed by atoms with E-state index in [1.165, 1.54) is 44.2 Å². The Morgan fingerprint density at radius 3 is 2.65 bits per heavy atom. The average molecular weight is 256 g/mol. The molecule has 1 nitrogen and oxygen atoms in total. The van der Waals surface area contributed by atoms with Gasteiger partial charge in [-0.3, -0.25) is 0 Å². The van der Waals surface area contributed by atoms with E-state index in [0.29, 0.717) is 5.02 Å². The van der Waals surface area contributed by atoms with Crippen LogP contribution in [0.5, 0.6) is 0 Å². The minimum Gasteiger partial charge on any atom is -0.307 e. The first kappa shape index (κ1) is 12.8. The lowest BCUT2D eigenvalue weighted by Gasteiger charge is -2.35. The zero-order valence-electron chi connectivity index (χ0n) is 10.2. The van der Waals surface area contributed by atoms with Crippen LogP contribution in [0.25, 0.3) is 0 Å². The van der Waals surface area contributed by atoms with E-state index >= 15 is 0 Å². The van der Waals surface area contributed by atoms with Gasteiger partial charge >= 0.3 is 0 Å². The molecular formula is C14H19ClFN. The van der Waals surface area contributed by atoms with E-state index in [1.807, 2.05) is 0 Å². The summed E-state index contributed by atoms with van der Waals surface area (Å²) in [5.74, 6) is -0.275. The minimum absolute atomic E-state index is 0.218. The largest absolute Gasteiger partial charge is 0.307 e. The molecule has 0 saturated heterocycles. The van der Waals surface area contributed by atoms with Crippen molar-refractivity contribution in [3.05, 3.63) is 34.6 Å². The summed E-state index contributed by atoms with van der Waals surface area (Å²) in [6.07, 6.45) is 6.35. The van der Waals surface area contributed by atoms with Crippen LogP contribution in [0.1, 0.15) is 44.6 Å². The summed E-state index contributed by atoms with van der Waals surface area (Å²) in [6.45, 7) is 2.99. The van der Waals surface area contributed by atoms with Gasteiger partial charge in [-0.2, -0.15) is 0 Å². The van der Waals surface area contributed by atoms with Crippen molar-refractivity contribution in [3.63, 3.8) is 0 Å². The molecule has 1 fully saturated rings. The Morgan fingerprint density at radius 1 is 1.29 bits per heavy atom. The monoisotopic (exact) mass is 255 g/mol. The molecule has 1 aliphatic rings. The summed E-state index contributed by atoms with van der Waals surface area (Å²) in [5.41, 5.74) is 1.19. The van der Waals surface area contributed by atoms with Gasteiger partial charge in [-0.1, -0.05) is 36.9 Å². The Kier molecular flexibility index (Phi) is 4.05. The van der Waals surface area contributed by atoms with Crippen molar-refractivity contribution in [2.24, 2.45) is 0 Å². The smallest absolute Gasteiger partial charge is 0.124 e. The van der Waals surface area contributed by atoms with Crippen LogP contribution in [0, 0.1) is 5.82 Å². The first-order chi connectivity index (χ1) is 8.09. The second kappa shape index (κ2) is 5.36. The molecule has 0 amide bonds. The zero-order valence-corrected chi connectivity index (χ0v) is 11.0. The SMILES string of the molecule is CC1(NCc2ccc(F)cc2Cl)CCCCC1. The lowest BCUT2D eigenvalue weighted by molar-refractivity contribution is 0.252. The van der Waals surface area contributed by atoms with Crippen molar-refractivity contribution in [1.29, 1.82) is 0 Å². The van der Waals surface area contributed by atoms with E-state index in [0.717, 1.165) is 12.1 Å². The first-order valence-electron chi connectivity index (χ1n) is 6.28. The van der Waals surface area contributed by atoms with Crippen molar-refractivity contribution < 1.29 is 4.39 Å². The van der Waals surface area contributed by atoms with Crippen LogP contribution in [0.4, 0.5) is 4.39 Å². The molecule has 17 heavy (non-hydrogen) atoms. The van der Waals surface area contributed by atoms with Crippen LogP contribution in [0.15, 0.2) is 18.2 Å². The van der Waals surface area contributed by atoms with Crippen molar-refractivity contribution in [2.45, 2.75) is 51.1 Å². The van der Waals surface area contributed by atoms with Crippen molar-refractivity contribution >= 4 is 11.6 Å². The Balaban J connectivity index is 1.97. The Hall–Kier alpha value is -0.600. The van der Waals surface area contributed by atoms with Gasteiger partial charge in [-0.25, -0.2) is 4.39 Å². The zero-order chi connectivity index (χ0) is 12.3. The van der Waals surface area contributed by atoms with Gasteiger partial charge in [0.1, 0.15) is 5.82 Å². The molecule has 0 unspecified atom stereocenters. The molecule has 2 rings (SSSR count). The highest BCUT2D eigenvalue weighted by atomic mass is 35.5. The molecule has 0 spiro atoms. The third-order valence-electron chi connectivity index (χ3n) is 3.68.